The summed E-state index contributed by atoms with van der Waals surface area (Å²) in [7, 11) is 0. The minimum Gasteiger partial charge on any atom is -0.272 e. The molecule has 8 heteroatoms. The second-order valence-electron chi connectivity index (χ2n) is 8.35. The Labute approximate surface area is 192 Å². The van der Waals surface area contributed by atoms with E-state index >= 15 is 0 Å². The van der Waals surface area contributed by atoms with Gasteiger partial charge < -0.3 is 0 Å². The lowest BCUT2D eigenvalue weighted by atomic mass is 10.0. The van der Waals surface area contributed by atoms with Crippen LogP contribution in [0.2, 0.25) is 0 Å². The van der Waals surface area contributed by atoms with Crippen molar-refractivity contribution in [1.29, 1.82) is 0 Å². The molecule has 0 radical (unpaired) electrons. The molecule has 32 heavy (non-hydrogen) atoms. The molecule has 0 amide bonds. The molecular weight excluding hydrogens is 408 g/mol. The number of hydrazone groups is 1. The van der Waals surface area contributed by atoms with E-state index in [1.165, 1.54) is 82.8 Å². The number of nitrogens with one attached hydrogen (secondary N) is 1. The summed E-state index contributed by atoms with van der Waals surface area (Å²) in [6.07, 6.45) is 18.6. The van der Waals surface area contributed by atoms with Crippen molar-refractivity contribution >= 4 is 22.8 Å². The summed E-state index contributed by atoms with van der Waals surface area (Å²) in [5.74, 6) is 0. The predicted molar refractivity (Wildman–Crippen MR) is 131 cm³/mol. The number of nitrogens with zero attached hydrogens (tertiary/aromatic N) is 3. The topological polar surface area (TPSA) is 111 Å². The molecule has 0 atom stereocenters. The van der Waals surface area contributed by atoms with Gasteiger partial charge in [-0.1, -0.05) is 90.9 Å². The van der Waals surface area contributed by atoms with E-state index in [0.717, 1.165) is 37.5 Å². The molecule has 0 aliphatic rings. The average molecular weight is 449 g/mol. The summed E-state index contributed by atoms with van der Waals surface area (Å²) in [5.41, 5.74) is 3.18. The zero-order valence-corrected chi connectivity index (χ0v) is 19.8. The third-order valence-corrected chi connectivity index (χ3v) is 5.70. The molecule has 1 N–H and O–H groups in total. The van der Waals surface area contributed by atoms with Crippen molar-refractivity contribution in [3.8, 4) is 0 Å². The third kappa shape index (κ3) is 11.8. The predicted octanol–water partition coefficient (Wildman–Crippen LogP) is 8.16. The Morgan fingerprint density at radius 3 is 1.81 bits per heavy atom. The van der Waals surface area contributed by atoms with Gasteiger partial charge >= 0.3 is 5.69 Å². The zero-order chi connectivity index (χ0) is 23.6. The van der Waals surface area contributed by atoms with Crippen LogP contribution < -0.4 is 5.43 Å². The van der Waals surface area contributed by atoms with Crippen LogP contribution in [-0.2, 0) is 0 Å². The van der Waals surface area contributed by atoms with Crippen molar-refractivity contribution in [2.45, 2.75) is 110 Å². The summed E-state index contributed by atoms with van der Waals surface area (Å²) in [4.78, 5) is 20.8. The van der Waals surface area contributed by atoms with Crippen molar-refractivity contribution in [3.63, 3.8) is 0 Å². The van der Waals surface area contributed by atoms with E-state index in [2.05, 4.69) is 17.5 Å². The average Bonchev–Trinajstić information content (AvgIpc) is 2.78. The minimum absolute atomic E-state index is 0.164. The maximum absolute atomic E-state index is 11.2. The number of benzene rings is 1. The Kier molecular flexibility index (Phi) is 14.7. The molecule has 0 heterocycles. The molecule has 0 fully saturated rings. The molecule has 1 rings (SSSR count). The van der Waals surface area contributed by atoms with E-state index < -0.39 is 9.85 Å². The highest BCUT2D eigenvalue weighted by molar-refractivity contribution is 5.85. The Morgan fingerprint density at radius 2 is 1.34 bits per heavy atom. The van der Waals surface area contributed by atoms with Crippen LogP contribution in [0.3, 0.4) is 0 Å². The van der Waals surface area contributed by atoms with Crippen LogP contribution in [0, 0.1) is 20.2 Å². The molecular formula is C24H40N4O4. The van der Waals surface area contributed by atoms with Crippen LogP contribution in [0.15, 0.2) is 23.3 Å². The SMILES string of the molecule is CCCCCCCCCCCCCCCC(CC)=NNc1ccc([N+](=O)[O-])cc1[N+](=O)[O-]. The molecule has 1 aromatic rings. The highest BCUT2D eigenvalue weighted by Crippen LogP contribution is 2.29. The van der Waals surface area contributed by atoms with Gasteiger partial charge in [-0.3, -0.25) is 25.7 Å². The van der Waals surface area contributed by atoms with E-state index in [0.29, 0.717) is 0 Å². The Bertz CT molecular complexity index is 722. The molecule has 1 aromatic carbocycles. The van der Waals surface area contributed by atoms with Crippen LogP contribution in [0.25, 0.3) is 0 Å². The van der Waals surface area contributed by atoms with Gasteiger partial charge in [0.25, 0.3) is 5.69 Å². The van der Waals surface area contributed by atoms with Crippen molar-refractivity contribution in [2.75, 3.05) is 5.43 Å². The molecule has 0 unspecified atom stereocenters. The lowest BCUT2D eigenvalue weighted by molar-refractivity contribution is -0.393. The Morgan fingerprint density at radius 1 is 0.812 bits per heavy atom. The number of non-ortho nitro benzene ring substituents is 1. The molecule has 180 valence electrons. The van der Waals surface area contributed by atoms with Crippen LogP contribution in [-0.4, -0.2) is 15.6 Å². The smallest absolute Gasteiger partial charge is 0.272 e. The quantitative estimate of drug-likeness (QED) is 0.0992. The van der Waals surface area contributed by atoms with Gasteiger partial charge in [-0.25, -0.2) is 0 Å². The van der Waals surface area contributed by atoms with E-state index in [1.54, 1.807) is 0 Å². The molecule has 8 nitrogen and oxygen atoms in total. The number of hydrogen-bond donors (Lipinski definition) is 1. The van der Waals surface area contributed by atoms with Crippen molar-refractivity contribution in [1.82, 2.24) is 0 Å². The number of rotatable bonds is 19. The van der Waals surface area contributed by atoms with Crippen molar-refractivity contribution in [2.24, 2.45) is 5.10 Å². The number of anilines is 1. The van der Waals surface area contributed by atoms with Gasteiger partial charge in [0.15, 0.2) is 0 Å². The summed E-state index contributed by atoms with van der Waals surface area (Å²) >= 11 is 0. The first-order chi connectivity index (χ1) is 15.5. The van der Waals surface area contributed by atoms with Crippen molar-refractivity contribution < 1.29 is 9.85 Å². The first-order valence-electron chi connectivity index (χ1n) is 12.2. The molecule has 0 spiro atoms. The Hall–Kier alpha value is -2.51. The van der Waals surface area contributed by atoms with Crippen LogP contribution in [0.5, 0.6) is 0 Å². The molecule has 0 aliphatic carbocycles. The van der Waals surface area contributed by atoms with E-state index in [1.807, 2.05) is 6.92 Å². The van der Waals surface area contributed by atoms with E-state index in [-0.39, 0.29) is 17.1 Å². The van der Waals surface area contributed by atoms with Gasteiger partial charge in [0.05, 0.1) is 15.9 Å². The molecule has 0 bridgehead atoms. The van der Waals surface area contributed by atoms with Crippen LogP contribution in [0.4, 0.5) is 17.1 Å². The summed E-state index contributed by atoms with van der Waals surface area (Å²) in [6.45, 7) is 4.26. The fraction of sp³-hybridized carbons (Fsp3) is 0.708. The lowest BCUT2D eigenvalue weighted by Crippen LogP contribution is -2.03. The Balaban J connectivity index is 2.25. The molecule has 0 saturated heterocycles. The van der Waals surface area contributed by atoms with Crippen LogP contribution in [0.1, 0.15) is 110 Å². The number of nitro benzene ring substituents is 2. The summed E-state index contributed by atoms with van der Waals surface area (Å²) in [6, 6.07) is 3.52. The maximum atomic E-state index is 11.2. The van der Waals surface area contributed by atoms with Gasteiger partial charge in [0, 0.05) is 11.8 Å². The van der Waals surface area contributed by atoms with Gasteiger partial charge in [0.1, 0.15) is 5.69 Å². The second-order valence-corrected chi connectivity index (χ2v) is 8.35. The van der Waals surface area contributed by atoms with Crippen molar-refractivity contribution in [3.05, 3.63) is 38.4 Å². The van der Waals surface area contributed by atoms with E-state index in [4.69, 9.17) is 0 Å². The third-order valence-electron chi connectivity index (χ3n) is 5.70. The van der Waals surface area contributed by atoms with Gasteiger partial charge in [-0.15, -0.1) is 0 Å². The highest BCUT2D eigenvalue weighted by Gasteiger charge is 2.19. The second kappa shape index (κ2) is 17.1. The number of nitro groups is 2. The summed E-state index contributed by atoms with van der Waals surface area (Å²) < 4.78 is 0. The standard InChI is InChI=1S/C24H40N4O4/c1-3-5-6-7-8-9-10-11-12-13-14-15-16-17-21(4-2)25-26-23-19-18-22(27(29)30)20-24(23)28(31)32/h18-20,26H,3-17H2,1-2H3. The zero-order valence-electron chi connectivity index (χ0n) is 19.8. The fourth-order valence-corrected chi connectivity index (χ4v) is 3.68. The molecule has 0 saturated carbocycles. The first kappa shape index (κ1) is 27.5. The minimum atomic E-state index is -0.647. The first-order valence-corrected chi connectivity index (χ1v) is 12.2. The molecule has 0 aliphatic heterocycles. The number of hydrogen-bond acceptors (Lipinski definition) is 6. The van der Waals surface area contributed by atoms with Gasteiger partial charge in [-0.2, -0.15) is 5.10 Å². The van der Waals surface area contributed by atoms with E-state index in [9.17, 15) is 20.2 Å². The largest absolute Gasteiger partial charge is 0.301 e. The lowest BCUT2D eigenvalue weighted by Gasteiger charge is -2.07. The fourth-order valence-electron chi connectivity index (χ4n) is 3.68. The maximum Gasteiger partial charge on any atom is 0.301 e. The number of unbranched alkanes of at least 4 members (excludes halogenated alkanes) is 12. The monoisotopic (exact) mass is 448 g/mol. The van der Waals surface area contributed by atoms with Gasteiger partial charge in [0.2, 0.25) is 0 Å². The van der Waals surface area contributed by atoms with Crippen LogP contribution >= 0.6 is 0 Å². The highest BCUT2D eigenvalue weighted by atomic mass is 16.6. The summed E-state index contributed by atoms with van der Waals surface area (Å²) in [5, 5.41) is 26.4. The molecule has 0 aromatic heterocycles. The normalized spacial score (nSPS) is 11.5. The van der Waals surface area contributed by atoms with Gasteiger partial charge in [-0.05, 0) is 25.3 Å².